The summed E-state index contributed by atoms with van der Waals surface area (Å²) < 4.78 is 10.5. The SMILES string of the molecule is COCOc1ccccc1[C@H]1CCCC[C@@H]1O. The van der Waals surface area contributed by atoms with Gasteiger partial charge in [-0.3, -0.25) is 0 Å². The maximum Gasteiger partial charge on any atom is 0.188 e. The molecule has 0 aliphatic heterocycles. The molecule has 94 valence electrons. The normalized spacial score (nSPS) is 24.6. The maximum absolute atomic E-state index is 10.1. The van der Waals surface area contributed by atoms with E-state index in [0.717, 1.165) is 30.6 Å². The third kappa shape index (κ3) is 2.99. The molecule has 17 heavy (non-hydrogen) atoms. The van der Waals surface area contributed by atoms with E-state index in [0.29, 0.717) is 0 Å². The summed E-state index contributed by atoms with van der Waals surface area (Å²) >= 11 is 0. The first-order chi connectivity index (χ1) is 8.33. The van der Waals surface area contributed by atoms with Crippen molar-refractivity contribution < 1.29 is 14.6 Å². The summed E-state index contributed by atoms with van der Waals surface area (Å²) in [6, 6.07) is 7.93. The Kier molecular flexibility index (Phi) is 4.40. The molecule has 3 nitrogen and oxygen atoms in total. The van der Waals surface area contributed by atoms with Crippen LogP contribution in [0.25, 0.3) is 0 Å². The molecule has 3 heteroatoms. The van der Waals surface area contributed by atoms with E-state index in [1.54, 1.807) is 7.11 Å². The van der Waals surface area contributed by atoms with Crippen LogP contribution in [0, 0.1) is 0 Å². The lowest BCUT2D eigenvalue weighted by Gasteiger charge is -2.29. The van der Waals surface area contributed by atoms with Crippen molar-refractivity contribution in [2.75, 3.05) is 13.9 Å². The highest BCUT2D eigenvalue weighted by Crippen LogP contribution is 2.37. The molecule has 0 amide bonds. The average Bonchev–Trinajstić information content (AvgIpc) is 2.37. The summed E-state index contributed by atoms with van der Waals surface area (Å²) in [5.74, 6) is 1.04. The van der Waals surface area contributed by atoms with Crippen LogP contribution in [0.15, 0.2) is 24.3 Å². The van der Waals surface area contributed by atoms with Crippen LogP contribution < -0.4 is 4.74 Å². The van der Waals surface area contributed by atoms with E-state index in [1.807, 2.05) is 24.3 Å². The molecule has 2 rings (SSSR count). The van der Waals surface area contributed by atoms with Gasteiger partial charge >= 0.3 is 0 Å². The van der Waals surface area contributed by atoms with Crippen molar-refractivity contribution in [1.29, 1.82) is 0 Å². The summed E-state index contributed by atoms with van der Waals surface area (Å²) in [7, 11) is 1.61. The number of aliphatic hydroxyl groups excluding tert-OH is 1. The molecule has 1 N–H and O–H groups in total. The van der Waals surface area contributed by atoms with Gasteiger partial charge in [-0.1, -0.05) is 31.0 Å². The Morgan fingerprint density at radius 3 is 2.76 bits per heavy atom. The second-order valence-electron chi connectivity index (χ2n) is 4.55. The molecule has 0 radical (unpaired) electrons. The van der Waals surface area contributed by atoms with Crippen molar-refractivity contribution in [2.45, 2.75) is 37.7 Å². The Labute approximate surface area is 102 Å². The molecule has 1 fully saturated rings. The van der Waals surface area contributed by atoms with E-state index in [4.69, 9.17) is 9.47 Å². The topological polar surface area (TPSA) is 38.7 Å². The minimum atomic E-state index is -0.240. The van der Waals surface area contributed by atoms with Gasteiger partial charge in [0.15, 0.2) is 6.79 Å². The highest BCUT2D eigenvalue weighted by Gasteiger charge is 2.26. The molecule has 1 aliphatic carbocycles. The average molecular weight is 236 g/mol. The van der Waals surface area contributed by atoms with Crippen LogP contribution in [0.4, 0.5) is 0 Å². The van der Waals surface area contributed by atoms with Gasteiger partial charge in [0.2, 0.25) is 0 Å². The minimum absolute atomic E-state index is 0.205. The van der Waals surface area contributed by atoms with Crippen LogP contribution in [0.1, 0.15) is 37.2 Å². The molecule has 2 atom stereocenters. The van der Waals surface area contributed by atoms with Gasteiger partial charge in [-0.05, 0) is 24.5 Å². The van der Waals surface area contributed by atoms with Crippen LogP contribution in [0.3, 0.4) is 0 Å². The van der Waals surface area contributed by atoms with Crippen molar-refractivity contribution >= 4 is 0 Å². The van der Waals surface area contributed by atoms with Gasteiger partial charge in [-0.15, -0.1) is 0 Å². The Morgan fingerprint density at radius 2 is 2.00 bits per heavy atom. The molecule has 1 aromatic rings. The summed E-state index contributed by atoms with van der Waals surface area (Å²) in [6.07, 6.45) is 3.99. The fourth-order valence-corrected chi connectivity index (χ4v) is 2.51. The number of hydrogen-bond acceptors (Lipinski definition) is 3. The predicted octanol–water partition coefficient (Wildman–Crippen LogP) is 2.69. The highest BCUT2D eigenvalue weighted by atomic mass is 16.7. The molecule has 0 unspecified atom stereocenters. The lowest BCUT2D eigenvalue weighted by Crippen LogP contribution is -2.23. The van der Waals surface area contributed by atoms with Gasteiger partial charge in [-0.25, -0.2) is 0 Å². The largest absolute Gasteiger partial charge is 0.467 e. The third-order valence-electron chi connectivity index (χ3n) is 3.38. The number of hydrogen-bond donors (Lipinski definition) is 1. The number of rotatable bonds is 4. The molecule has 1 saturated carbocycles. The molecule has 1 aromatic carbocycles. The van der Waals surface area contributed by atoms with Crippen molar-refractivity contribution in [1.82, 2.24) is 0 Å². The molecule has 0 saturated heterocycles. The van der Waals surface area contributed by atoms with Crippen LogP contribution >= 0.6 is 0 Å². The van der Waals surface area contributed by atoms with Crippen molar-refractivity contribution in [3.63, 3.8) is 0 Å². The number of methoxy groups -OCH3 is 1. The van der Waals surface area contributed by atoms with Crippen molar-refractivity contribution in [2.24, 2.45) is 0 Å². The smallest absolute Gasteiger partial charge is 0.188 e. The lowest BCUT2D eigenvalue weighted by molar-refractivity contribution is 0.0478. The number of aliphatic hydroxyl groups is 1. The van der Waals surface area contributed by atoms with Gasteiger partial charge in [-0.2, -0.15) is 0 Å². The van der Waals surface area contributed by atoms with Gasteiger partial charge in [0.25, 0.3) is 0 Å². The quantitative estimate of drug-likeness (QED) is 0.817. The number of ether oxygens (including phenoxy) is 2. The standard InChI is InChI=1S/C14H20O3/c1-16-10-17-14-9-5-3-7-12(14)11-6-2-4-8-13(11)15/h3,5,7,9,11,13,15H,2,4,6,8,10H2,1H3/t11-,13+/m1/s1. The van der Waals surface area contributed by atoms with E-state index in [1.165, 1.54) is 6.42 Å². The van der Waals surface area contributed by atoms with E-state index in [2.05, 4.69) is 0 Å². The summed E-state index contributed by atoms with van der Waals surface area (Å²) in [5.41, 5.74) is 1.11. The van der Waals surface area contributed by atoms with Crippen LogP contribution in [-0.2, 0) is 4.74 Å². The van der Waals surface area contributed by atoms with E-state index >= 15 is 0 Å². The van der Waals surface area contributed by atoms with Gasteiger partial charge in [0.1, 0.15) is 5.75 Å². The Hall–Kier alpha value is -1.06. The Bertz CT molecular complexity index is 351. The first-order valence-corrected chi connectivity index (χ1v) is 6.21. The zero-order valence-electron chi connectivity index (χ0n) is 10.3. The maximum atomic E-state index is 10.1. The molecule has 0 spiro atoms. The first-order valence-electron chi connectivity index (χ1n) is 6.21. The summed E-state index contributed by atoms with van der Waals surface area (Å²) in [4.78, 5) is 0. The van der Waals surface area contributed by atoms with Gasteiger partial charge in [0, 0.05) is 13.0 Å². The second kappa shape index (κ2) is 6.03. The Balaban J connectivity index is 2.17. The first kappa shape index (κ1) is 12.4. The third-order valence-corrected chi connectivity index (χ3v) is 3.38. The molecule has 0 aromatic heterocycles. The van der Waals surface area contributed by atoms with Gasteiger partial charge in [0.05, 0.1) is 6.10 Å². The minimum Gasteiger partial charge on any atom is -0.467 e. The van der Waals surface area contributed by atoms with Crippen LogP contribution in [-0.4, -0.2) is 25.1 Å². The van der Waals surface area contributed by atoms with Crippen LogP contribution in [0.5, 0.6) is 5.75 Å². The van der Waals surface area contributed by atoms with E-state index < -0.39 is 0 Å². The lowest BCUT2D eigenvalue weighted by atomic mass is 9.81. The number of benzene rings is 1. The highest BCUT2D eigenvalue weighted by molar-refractivity contribution is 5.37. The molecule has 1 aliphatic rings. The fourth-order valence-electron chi connectivity index (χ4n) is 2.51. The van der Waals surface area contributed by atoms with E-state index in [-0.39, 0.29) is 18.8 Å². The molecular formula is C14H20O3. The molecule has 0 bridgehead atoms. The van der Waals surface area contributed by atoms with Gasteiger partial charge < -0.3 is 14.6 Å². The zero-order valence-corrected chi connectivity index (χ0v) is 10.3. The number of para-hydroxylation sites is 1. The molecule has 0 heterocycles. The van der Waals surface area contributed by atoms with Crippen molar-refractivity contribution in [3.8, 4) is 5.75 Å². The molecular weight excluding hydrogens is 216 g/mol. The fraction of sp³-hybridized carbons (Fsp3) is 0.571. The monoisotopic (exact) mass is 236 g/mol. The predicted molar refractivity (Wildman–Crippen MR) is 66.2 cm³/mol. The van der Waals surface area contributed by atoms with Crippen molar-refractivity contribution in [3.05, 3.63) is 29.8 Å². The summed E-state index contributed by atoms with van der Waals surface area (Å²) in [6.45, 7) is 0.250. The second-order valence-corrected chi connectivity index (χ2v) is 4.55. The van der Waals surface area contributed by atoms with E-state index in [9.17, 15) is 5.11 Å². The Morgan fingerprint density at radius 1 is 1.24 bits per heavy atom. The van der Waals surface area contributed by atoms with Crippen LogP contribution in [0.2, 0.25) is 0 Å². The zero-order chi connectivity index (χ0) is 12.1. The summed E-state index contributed by atoms with van der Waals surface area (Å²) in [5, 5.41) is 10.1.